The summed E-state index contributed by atoms with van der Waals surface area (Å²) < 4.78 is 0. The SMILES string of the molecule is CCC(C)CC(CC)N1CCC(C)C1C(=O)O. The molecule has 1 aliphatic heterocycles. The van der Waals surface area contributed by atoms with Crippen LogP contribution in [0, 0.1) is 11.8 Å². The van der Waals surface area contributed by atoms with Crippen LogP contribution in [0.25, 0.3) is 0 Å². The first-order valence-corrected chi connectivity index (χ1v) is 6.99. The number of carboxylic acids is 1. The van der Waals surface area contributed by atoms with E-state index in [1.165, 1.54) is 6.42 Å². The number of hydrogen-bond donors (Lipinski definition) is 1. The lowest BCUT2D eigenvalue weighted by atomic mass is 9.95. The zero-order valence-electron chi connectivity index (χ0n) is 11.6. The Morgan fingerprint density at radius 1 is 1.41 bits per heavy atom. The van der Waals surface area contributed by atoms with Gasteiger partial charge in [-0.05, 0) is 37.6 Å². The molecule has 1 fully saturated rings. The lowest BCUT2D eigenvalue weighted by Crippen LogP contribution is -2.45. The predicted octanol–water partition coefficient (Wildman–Crippen LogP) is 3.00. The summed E-state index contributed by atoms with van der Waals surface area (Å²) in [6.07, 6.45) is 4.38. The van der Waals surface area contributed by atoms with Crippen molar-refractivity contribution in [3.8, 4) is 0 Å². The summed E-state index contributed by atoms with van der Waals surface area (Å²) in [7, 11) is 0. The Balaban J connectivity index is 2.70. The third-order valence-corrected chi connectivity index (χ3v) is 4.30. The molecular formula is C14H27NO2. The maximum atomic E-state index is 11.4. The minimum absolute atomic E-state index is 0.260. The van der Waals surface area contributed by atoms with E-state index < -0.39 is 5.97 Å². The van der Waals surface area contributed by atoms with Gasteiger partial charge >= 0.3 is 5.97 Å². The second-order valence-corrected chi connectivity index (χ2v) is 5.60. The van der Waals surface area contributed by atoms with E-state index in [1.54, 1.807) is 0 Å². The molecule has 1 aliphatic rings. The molecule has 100 valence electrons. The van der Waals surface area contributed by atoms with E-state index in [4.69, 9.17) is 0 Å². The fourth-order valence-electron chi connectivity index (χ4n) is 2.94. The monoisotopic (exact) mass is 241 g/mol. The Morgan fingerprint density at radius 2 is 2.06 bits per heavy atom. The van der Waals surface area contributed by atoms with Gasteiger partial charge in [-0.1, -0.05) is 34.1 Å². The summed E-state index contributed by atoms with van der Waals surface area (Å²) in [6.45, 7) is 9.66. The van der Waals surface area contributed by atoms with E-state index in [0.29, 0.717) is 17.9 Å². The number of rotatable bonds is 6. The quantitative estimate of drug-likeness (QED) is 0.777. The summed E-state index contributed by atoms with van der Waals surface area (Å²) in [4.78, 5) is 13.6. The minimum Gasteiger partial charge on any atom is -0.480 e. The first kappa shape index (κ1) is 14.5. The van der Waals surface area contributed by atoms with Crippen LogP contribution in [-0.2, 0) is 4.79 Å². The van der Waals surface area contributed by atoms with Gasteiger partial charge < -0.3 is 5.11 Å². The second kappa shape index (κ2) is 6.39. The molecular weight excluding hydrogens is 214 g/mol. The second-order valence-electron chi connectivity index (χ2n) is 5.60. The zero-order chi connectivity index (χ0) is 13.0. The normalized spacial score (nSPS) is 29.2. The molecule has 1 rings (SSSR count). The number of likely N-dealkylation sites (tertiary alicyclic amines) is 1. The number of carboxylic acid groups (broad SMARTS) is 1. The molecule has 1 heterocycles. The van der Waals surface area contributed by atoms with Crippen LogP contribution in [-0.4, -0.2) is 34.6 Å². The van der Waals surface area contributed by atoms with Gasteiger partial charge in [-0.2, -0.15) is 0 Å². The largest absolute Gasteiger partial charge is 0.480 e. The fraction of sp³-hybridized carbons (Fsp3) is 0.929. The molecule has 4 unspecified atom stereocenters. The van der Waals surface area contributed by atoms with Gasteiger partial charge in [-0.25, -0.2) is 0 Å². The van der Waals surface area contributed by atoms with Crippen molar-refractivity contribution in [1.29, 1.82) is 0 Å². The van der Waals surface area contributed by atoms with Crippen molar-refractivity contribution in [3.05, 3.63) is 0 Å². The molecule has 0 bridgehead atoms. The average Bonchev–Trinajstić information content (AvgIpc) is 2.67. The molecule has 17 heavy (non-hydrogen) atoms. The van der Waals surface area contributed by atoms with Crippen LogP contribution in [0.5, 0.6) is 0 Å². The Kier molecular flexibility index (Phi) is 5.44. The van der Waals surface area contributed by atoms with Crippen LogP contribution in [0.15, 0.2) is 0 Å². The third-order valence-electron chi connectivity index (χ3n) is 4.30. The van der Waals surface area contributed by atoms with Crippen LogP contribution in [0.4, 0.5) is 0 Å². The Labute approximate surface area is 105 Å². The van der Waals surface area contributed by atoms with E-state index in [-0.39, 0.29) is 6.04 Å². The van der Waals surface area contributed by atoms with Gasteiger partial charge in [0.05, 0.1) is 0 Å². The van der Waals surface area contributed by atoms with Gasteiger partial charge in [-0.3, -0.25) is 9.69 Å². The molecule has 0 aliphatic carbocycles. The van der Waals surface area contributed by atoms with Gasteiger partial charge in [0.15, 0.2) is 0 Å². The fourth-order valence-corrected chi connectivity index (χ4v) is 2.94. The number of nitrogens with zero attached hydrogens (tertiary/aromatic N) is 1. The van der Waals surface area contributed by atoms with Crippen LogP contribution in [0.2, 0.25) is 0 Å². The van der Waals surface area contributed by atoms with Crippen LogP contribution >= 0.6 is 0 Å². The molecule has 1 saturated heterocycles. The number of aliphatic carboxylic acids is 1. The molecule has 3 heteroatoms. The van der Waals surface area contributed by atoms with Gasteiger partial charge in [0.1, 0.15) is 6.04 Å². The van der Waals surface area contributed by atoms with Crippen molar-refractivity contribution >= 4 is 5.97 Å². The highest BCUT2D eigenvalue weighted by atomic mass is 16.4. The van der Waals surface area contributed by atoms with Gasteiger partial charge in [0.2, 0.25) is 0 Å². The Morgan fingerprint density at radius 3 is 2.53 bits per heavy atom. The average molecular weight is 241 g/mol. The minimum atomic E-state index is -0.641. The Bertz CT molecular complexity index is 255. The summed E-state index contributed by atoms with van der Waals surface area (Å²) >= 11 is 0. The van der Waals surface area contributed by atoms with E-state index >= 15 is 0 Å². The number of hydrogen-bond acceptors (Lipinski definition) is 2. The summed E-state index contributed by atoms with van der Waals surface area (Å²) in [5, 5.41) is 9.35. The molecule has 0 aromatic heterocycles. The number of carbonyl (C=O) groups is 1. The maximum absolute atomic E-state index is 11.4. The van der Waals surface area contributed by atoms with Crippen molar-refractivity contribution in [2.45, 2.75) is 65.5 Å². The maximum Gasteiger partial charge on any atom is 0.321 e. The van der Waals surface area contributed by atoms with Gasteiger partial charge in [0.25, 0.3) is 0 Å². The molecule has 4 atom stereocenters. The molecule has 0 saturated carbocycles. The van der Waals surface area contributed by atoms with Gasteiger partial charge in [0, 0.05) is 6.04 Å². The summed E-state index contributed by atoms with van der Waals surface area (Å²) in [6, 6.07) is 0.181. The zero-order valence-corrected chi connectivity index (χ0v) is 11.6. The Hall–Kier alpha value is -0.570. The van der Waals surface area contributed by atoms with E-state index in [1.807, 2.05) is 0 Å². The first-order chi connectivity index (χ1) is 8.01. The smallest absolute Gasteiger partial charge is 0.321 e. The van der Waals surface area contributed by atoms with Crippen molar-refractivity contribution in [1.82, 2.24) is 4.90 Å². The van der Waals surface area contributed by atoms with Gasteiger partial charge in [-0.15, -0.1) is 0 Å². The highest BCUT2D eigenvalue weighted by Crippen LogP contribution is 2.30. The lowest BCUT2D eigenvalue weighted by molar-refractivity contribution is -0.144. The molecule has 0 spiro atoms. The predicted molar refractivity (Wildman–Crippen MR) is 70.1 cm³/mol. The summed E-state index contributed by atoms with van der Waals surface area (Å²) in [5.41, 5.74) is 0. The molecule has 0 aromatic carbocycles. The molecule has 0 radical (unpaired) electrons. The molecule has 0 aromatic rings. The highest BCUT2D eigenvalue weighted by Gasteiger charge is 2.39. The van der Waals surface area contributed by atoms with Crippen molar-refractivity contribution < 1.29 is 9.90 Å². The highest BCUT2D eigenvalue weighted by molar-refractivity contribution is 5.74. The topological polar surface area (TPSA) is 40.5 Å². The van der Waals surface area contributed by atoms with E-state index in [2.05, 4.69) is 32.6 Å². The summed E-state index contributed by atoms with van der Waals surface area (Å²) in [5.74, 6) is 0.335. The molecule has 3 nitrogen and oxygen atoms in total. The van der Waals surface area contributed by atoms with Crippen molar-refractivity contribution in [2.24, 2.45) is 11.8 Å². The van der Waals surface area contributed by atoms with Crippen molar-refractivity contribution in [2.75, 3.05) is 6.54 Å². The standard InChI is InChI=1S/C14H27NO2/c1-5-10(3)9-12(6-2)15-8-7-11(4)13(15)14(16)17/h10-13H,5-9H2,1-4H3,(H,16,17). The van der Waals surface area contributed by atoms with Crippen LogP contribution in [0.1, 0.15) is 53.4 Å². The lowest BCUT2D eigenvalue weighted by Gasteiger charge is -2.33. The van der Waals surface area contributed by atoms with E-state index in [0.717, 1.165) is 25.8 Å². The third kappa shape index (κ3) is 3.44. The van der Waals surface area contributed by atoms with Crippen LogP contribution < -0.4 is 0 Å². The van der Waals surface area contributed by atoms with Crippen molar-refractivity contribution in [3.63, 3.8) is 0 Å². The molecule has 1 N–H and O–H groups in total. The molecule has 0 amide bonds. The van der Waals surface area contributed by atoms with Crippen LogP contribution in [0.3, 0.4) is 0 Å². The first-order valence-electron chi connectivity index (χ1n) is 6.99. The van der Waals surface area contributed by atoms with E-state index in [9.17, 15) is 9.90 Å².